The van der Waals surface area contributed by atoms with Crippen molar-refractivity contribution in [2.75, 3.05) is 33.5 Å². The molecule has 0 fully saturated rings. The molecule has 0 amide bonds. The van der Waals surface area contributed by atoms with E-state index in [1.165, 1.54) is 12.1 Å². The Kier molecular flexibility index (Phi) is 11.5. The van der Waals surface area contributed by atoms with E-state index in [0.717, 1.165) is 57.7 Å². The highest BCUT2D eigenvalue weighted by molar-refractivity contribution is 5.91. The van der Waals surface area contributed by atoms with Gasteiger partial charge in [-0.05, 0) is 105 Å². The molecule has 5 rings (SSSR count). The van der Waals surface area contributed by atoms with Crippen LogP contribution >= 0.6 is 0 Å². The third-order valence-electron chi connectivity index (χ3n) is 8.15. The number of carbonyl (C=O) groups is 1. The molecule has 1 atom stereocenters. The lowest BCUT2D eigenvalue weighted by molar-refractivity contribution is -0.160. The Bertz CT molecular complexity index is 1700. The van der Waals surface area contributed by atoms with Crippen LogP contribution in [0.15, 0.2) is 66.7 Å². The molecule has 0 bridgehead atoms. The minimum Gasteiger partial charge on any atom is -0.493 e. The average molecular weight is 657 g/mol. The number of nitrogens with zero attached hydrogens (tertiary/aromatic N) is 1. The number of halogens is 1. The number of aliphatic carboxylic acids is 1. The summed E-state index contributed by atoms with van der Waals surface area (Å²) in [6.07, 6.45) is 1.16. The molecular weight excluding hydrogens is 611 g/mol. The van der Waals surface area contributed by atoms with E-state index >= 15 is 0 Å². The first-order chi connectivity index (χ1) is 23.0. The van der Waals surface area contributed by atoms with Crippen LogP contribution in [0.1, 0.15) is 61.4 Å². The number of benzene rings is 3. The summed E-state index contributed by atoms with van der Waals surface area (Å²) in [6.45, 7) is 10.1. The Morgan fingerprint density at radius 1 is 1.02 bits per heavy atom. The molecule has 1 aromatic heterocycles. The van der Waals surface area contributed by atoms with Crippen molar-refractivity contribution < 1.29 is 33.2 Å². The molecule has 2 N–H and O–H groups in total. The number of hydrogen-bond acceptors (Lipinski definition) is 7. The van der Waals surface area contributed by atoms with Gasteiger partial charge in [-0.2, -0.15) is 0 Å². The van der Waals surface area contributed by atoms with Crippen LogP contribution < -0.4 is 14.8 Å². The third-order valence-corrected chi connectivity index (χ3v) is 8.15. The minimum atomic E-state index is -1.26. The minimum absolute atomic E-state index is 0.264. The van der Waals surface area contributed by atoms with Gasteiger partial charge in [-0.25, -0.2) is 9.18 Å². The highest BCUT2D eigenvalue weighted by Gasteiger charge is 2.34. The number of ether oxygens (including phenoxy) is 4. The highest BCUT2D eigenvalue weighted by atomic mass is 19.1. The first-order valence-electron chi connectivity index (χ1n) is 16.4. The van der Waals surface area contributed by atoms with Crippen molar-refractivity contribution in [3.8, 4) is 33.8 Å². The van der Waals surface area contributed by atoms with Gasteiger partial charge in [0.2, 0.25) is 0 Å². The molecule has 1 unspecified atom stereocenters. The molecule has 8 nitrogen and oxygen atoms in total. The summed E-state index contributed by atoms with van der Waals surface area (Å²) < 4.78 is 36.8. The second-order valence-electron chi connectivity index (χ2n) is 12.9. The van der Waals surface area contributed by atoms with Crippen molar-refractivity contribution in [3.05, 3.63) is 101 Å². The second-order valence-corrected chi connectivity index (χ2v) is 12.9. The highest BCUT2D eigenvalue weighted by Crippen LogP contribution is 2.44. The summed E-state index contributed by atoms with van der Waals surface area (Å²) in [4.78, 5) is 18.0. The maximum Gasteiger partial charge on any atom is 0.337 e. The van der Waals surface area contributed by atoms with E-state index in [1.54, 1.807) is 19.2 Å². The zero-order valence-electron chi connectivity index (χ0n) is 28.4. The molecule has 3 aromatic carbocycles. The molecular formula is C39H45FN2O6. The fourth-order valence-electron chi connectivity index (χ4n) is 5.98. The van der Waals surface area contributed by atoms with Crippen molar-refractivity contribution in [1.29, 1.82) is 0 Å². The van der Waals surface area contributed by atoms with Crippen LogP contribution in [0, 0.1) is 12.7 Å². The molecule has 9 heteroatoms. The van der Waals surface area contributed by atoms with Gasteiger partial charge in [0.25, 0.3) is 0 Å². The van der Waals surface area contributed by atoms with Crippen LogP contribution in [-0.4, -0.2) is 55.1 Å². The van der Waals surface area contributed by atoms with E-state index in [4.69, 9.17) is 23.9 Å². The largest absolute Gasteiger partial charge is 0.493 e. The fraction of sp³-hybridized carbons (Fsp3) is 0.385. The number of aryl methyl sites for hydroxylation is 2. The third kappa shape index (κ3) is 8.78. The summed E-state index contributed by atoms with van der Waals surface area (Å²) in [5, 5.41) is 14.0. The van der Waals surface area contributed by atoms with E-state index in [1.807, 2.05) is 64.1 Å². The normalized spacial score (nSPS) is 13.5. The quantitative estimate of drug-likeness (QED) is 0.135. The van der Waals surface area contributed by atoms with E-state index in [-0.39, 0.29) is 5.82 Å². The lowest BCUT2D eigenvalue weighted by Gasteiger charge is -2.30. The predicted molar refractivity (Wildman–Crippen MR) is 184 cm³/mol. The number of carboxylic acids is 1. The van der Waals surface area contributed by atoms with Crippen LogP contribution in [0.4, 0.5) is 4.39 Å². The van der Waals surface area contributed by atoms with Crippen LogP contribution in [0.2, 0.25) is 0 Å². The number of rotatable bonds is 14. The van der Waals surface area contributed by atoms with E-state index in [0.29, 0.717) is 56.3 Å². The number of aromatic nitrogens is 1. The number of nitrogens with one attached hydrogen (secondary N) is 1. The monoisotopic (exact) mass is 656 g/mol. The molecule has 4 aromatic rings. The zero-order valence-corrected chi connectivity index (χ0v) is 28.4. The van der Waals surface area contributed by atoms with Crippen molar-refractivity contribution >= 4 is 5.97 Å². The predicted octanol–water partition coefficient (Wildman–Crippen LogP) is 7.49. The molecule has 48 heavy (non-hydrogen) atoms. The number of methoxy groups -OCH3 is 1. The molecule has 2 heterocycles. The van der Waals surface area contributed by atoms with E-state index in [9.17, 15) is 14.3 Å². The van der Waals surface area contributed by atoms with E-state index < -0.39 is 17.7 Å². The number of pyridine rings is 1. The summed E-state index contributed by atoms with van der Waals surface area (Å²) in [5.41, 5.74) is 6.54. The van der Waals surface area contributed by atoms with Crippen LogP contribution in [0.5, 0.6) is 11.5 Å². The van der Waals surface area contributed by atoms with Gasteiger partial charge in [0.05, 0.1) is 31.1 Å². The molecule has 0 radical (unpaired) electrons. The molecule has 0 saturated heterocycles. The lowest BCUT2D eigenvalue weighted by Crippen LogP contribution is -2.29. The maximum atomic E-state index is 13.3. The topological polar surface area (TPSA) is 99.1 Å². The molecule has 0 aliphatic carbocycles. The smallest absolute Gasteiger partial charge is 0.337 e. The van der Waals surface area contributed by atoms with Gasteiger partial charge in [-0.3, -0.25) is 4.98 Å². The SMILES string of the molecule is COCCNCc1nc(C)c(C(OC(C)(C)C)C(=O)O)c(-c2ccc3c(c2)CCCO3)c1-c1ccc(OCCc2ccc(F)cc2)cc1. The van der Waals surface area contributed by atoms with Gasteiger partial charge in [0, 0.05) is 43.4 Å². The second kappa shape index (κ2) is 15.7. The Morgan fingerprint density at radius 3 is 2.44 bits per heavy atom. The summed E-state index contributed by atoms with van der Waals surface area (Å²) in [7, 11) is 1.66. The summed E-state index contributed by atoms with van der Waals surface area (Å²) >= 11 is 0. The van der Waals surface area contributed by atoms with Crippen molar-refractivity contribution in [2.45, 2.75) is 65.2 Å². The van der Waals surface area contributed by atoms with Gasteiger partial charge < -0.3 is 29.4 Å². The Labute approximate surface area is 282 Å². The molecule has 0 saturated carbocycles. The molecule has 1 aliphatic heterocycles. The average Bonchev–Trinajstić information content (AvgIpc) is 3.06. The summed E-state index contributed by atoms with van der Waals surface area (Å²) in [5.74, 6) is 0.190. The Balaban J connectivity index is 1.63. The lowest BCUT2D eigenvalue weighted by atomic mass is 9.85. The first-order valence-corrected chi connectivity index (χ1v) is 16.4. The molecule has 254 valence electrons. The van der Waals surface area contributed by atoms with Gasteiger partial charge in [-0.15, -0.1) is 0 Å². The van der Waals surface area contributed by atoms with Crippen LogP contribution in [0.25, 0.3) is 22.3 Å². The maximum absolute atomic E-state index is 13.3. The van der Waals surface area contributed by atoms with Gasteiger partial charge in [-0.1, -0.05) is 30.3 Å². The Morgan fingerprint density at radius 2 is 1.75 bits per heavy atom. The fourth-order valence-corrected chi connectivity index (χ4v) is 5.98. The van der Waals surface area contributed by atoms with E-state index in [2.05, 4.69) is 11.4 Å². The van der Waals surface area contributed by atoms with Crippen LogP contribution in [0.3, 0.4) is 0 Å². The molecule has 1 aliphatic rings. The van der Waals surface area contributed by atoms with Gasteiger partial charge in [0.1, 0.15) is 17.3 Å². The Hall–Kier alpha value is -4.31. The van der Waals surface area contributed by atoms with Gasteiger partial charge in [0.15, 0.2) is 6.10 Å². The van der Waals surface area contributed by atoms with Crippen molar-refractivity contribution in [3.63, 3.8) is 0 Å². The zero-order chi connectivity index (χ0) is 34.3. The number of hydrogen-bond donors (Lipinski definition) is 2. The van der Waals surface area contributed by atoms with Crippen LogP contribution in [-0.2, 0) is 33.7 Å². The molecule has 0 spiro atoms. The first kappa shape index (κ1) is 35.0. The van der Waals surface area contributed by atoms with Crippen molar-refractivity contribution in [2.24, 2.45) is 0 Å². The standard InChI is InChI=1S/C39H45FN2O6/c1-25-34(37(38(43)44)48-39(2,3)4)36(29-12-17-33-28(23-29)7-6-20-47-33)35(32(42-25)24-41-19-22-45-5)27-10-15-31(16-11-27)46-21-18-26-8-13-30(40)14-9-26/h8-17,23,37,41H,6-7,18-22,24H2,1-5H3,(H,43,44). The number of fused-ring (bicyclic) bond motifs is 1. The summed E-state index contributed by atoms with van der Waals surface area (Å²) in [6, 6.07) is 20.3. The number of carboxylic acid groups (broad SMARTS) is 1. The van der Waals surface area contributed by atoms with Gasteiger partial charge >= 0.3 is 5.97 Å². The van der Waals surface area contributed by atoms with Crippen molar-refractivity contribution in [1.82, 2.24) is 10.3 Å².